The van der Waals surface area contributed by atoms with E-state index in [9.17, 15) is 4.39 Å². The lowest BCUT2D eigenvalue weighted by atomic mass is 9.84. The van der Waals surface area contributed by atoms with E-state index in [1.165, 1.54) is 6.07 Å². The van der Waals surface area contributed by atoms with Crippen LogP contribution in [-0.2, 0) is 0 Å². The van der Waals surface area contributed by atoms with E-state index in [1.807, 2.05) is 0 Å². The van der Waals surface area contributed by atoms with Crippen LogP contribution in [-0.4, -0.2) is 24.5 Å². The Bertz CT molecular complexity index is 399. The van der Waals surface area contributed by atoms with Crippen molar-refractivity contribution in [1.29, 1.82) is 0 Å². The highest BCUT2D eigenvalue weighted by Gasteiger charge is 2.32. The van der Waals surface area contributed by atoms with E-state index in [4.69, 9.17) is 17.3 Å². The van der Waals surface area contributed by atoms with Gasteiger partial charge in [-0.1, -0.05) is 18.5 Å². The van der Waals surface area contributed by atoms with Crippen LogP contribution < -0.4 is 5.73 Å². The molecule has 1 aliphatic heterocycles. The van der Waals surface area contributed by atoms with Crippen molar-refractivity contribution in [3.63, 3.8) is 0 Å². The van der Waals surface area contributed by atoms with Gasteiger partial charge in [0.15, 0.2) is 0 Å². The molecule has 2 N–H and O–H groups in total. The minimum atomic E-state index is -0.178. The van der Waals surface area contributed by atoms with Gasteiger partial charge in [-0.25, -0.2) is 4.39 Å². The lowest BCUT2D eigenvalue weighted by Crippen LogP contribution is -2.41. The summed E-state index contributed by atoms with van der Waals surface area (Å²) in [5, 5.41) is 0.587. The molecule has 1 heterocycles. The van der Waals surface area contributed by atoms with E-state index >= 15 is 0 Å². The van der Waals surface area contributed by atoms with Crippen LogP contribution in [0.3, 0.4) is 0 Å². The summed E-state index contributed by atoms with van der Waals surface area (Å²) in [5.41, 5.74) is 6.55. The fourth-order valence-electron chi connectivity index (χ4n) is 2.95. The Morgan fingerprint density at radius 3 is 2.94 bits per heavy atom. The summed E-state index contributed by atoms with van der Waals surface area (Å²) in [6.07, 6.45) is 2.19. The fraction of sp³-hybridized carbons (Fsp3) is 0.571. The van der Waals surface area contributed by atoms with Gasteiger partial charge in [0.1, 0.15) is 5.82 Å². The molecule has 1 aromatic carbocycles. The molecule has 2 unspecified atom stereocenters. The predicted molar refractivity (Wildman–Crippen MR) is 73.2 cm³/mol. The summed E-state index contributed by atoms with van der Waals surface area (Å²) >= 11 is 6.00. The number of halogens is 2. The smallest absolute Gasteiger partial charge is 0.128 e. The SMILES string of the molecule is CCN1CCCC(CN)C1c1cc(Cl)ccc1F. The standard InChI is InChI=1S/C14H20ClFN2/c1-2-18-7-3-4-10(9-17)14(18)12-8-11(15)5-6-13(12)16/h5-6,8,10,14H,2-4,7,9,17H2,1H3. The predicted octanol–water partition coefficient (Wildman–Crippen LogP) is 3.21. The van der Waals surface area contributed by atoms with Crippen LogP contribution in [0.4, 0.5) is 4.39 Å². The summed E-state index contributed by atoms with van der Waals surface area (Å²) in [5.74, 6) is 0.134. The van der Waals surface area contributed by atoms with Crippen molar-refractivity contribution in [1.82, 2.24) is 4.90 Å². The number of rotatable bonds is 3. The fourth-order valence-corrected chi connectivity index (χ4v) is 3.13. The van der Waals surface area contributed by atoms with Crippen LogP contribution in [0.2, 0.25) is 5.02 Å². The van der Waals surface area contributed by atoms with Gasteiger partial charge in [0, 0.05) is 16.6 Å². The number of hydrogen-bond donors (Lipinski definition) is 1. The maximum Gasteiger partial charge on any atom is 0.128 e. The van der Waals surface area contributed by atoms with Crippen molar-refractivity contribution in [3.05, 3.63) is 34.6 Å². The maximum atomic E-state index is 14.0. The van der Waals surface area contributed by atoms with Crippen molar-refractivity contribution in [2.75, 3.05) is 19.6 Å². The molecule has 2 atom stereocenters. The van der Waals surface area contributed by atoms with Crippen LogP contribution in [0.5, 0.6) is 0 Å². The van der Waals surface area contributed by atoms with Crippen molar-refractivity contribution < 1.29 is 4.39 Å². The first-order chi connectivity index (χ1) is 8.67. The molecule has 4 heteroatoms. The Morgan fingerprint density at radius 2 is 2.28 bits per heavy atom. The first-order valence-corrected chi connectivity index (χ1v) is 6.94. The van der Waals surface area contributed by atoms with Gasteiger partial charge in [0.05, 0.1) is 0 Å². The van der Waals surface area contributed by atoms with Gasteiger partial charge in [0.2, 0.25) is 0 Å². The molecule has 0 amide bonds. The first-order valence-electron chi connectivity index (χ1n) is 6.56. The molecular weight excluding hydrogens is 251 g/mol. The first kappa shape index (κ1) is 13.8. The second-order valence-corrected chi connectivity index (χ2v) is 5.31. The topological polar surface area (TPSA) is 29.3 Å². The highest BCUT2D eigenvalue weighted by molar-refractivity contribution is 6.30. The molecule has 100 valence electrons. The molecule has 2 rings (SSSR count). The second kappa shape index (κ2) is 6.00. The number of benzene rings is 1. The quantitative estimate of drug-likeness (QED) is 0.914. The third-order valence-electron chi connectivity index (χ3n) is 3.85. The summed E-state index contributed by atoms with van der Waals surface area (Å²) in [6, 6.07) is 4.86. The molecule has 1 saturated heterocycles. The lowest BCUT2D eigenvalue weighted by Gasteiger charge is -2.41. The third-order valence-corrected chi connectivity index (χ3v) is 4.08. The zero-order valence-corrected chi connectivity index (χ0v) is 11.5. The summed E-state index contributed by atoms with van der Waals surface area (Å²) in [6.45, 7) is 4.61. The molecule has 0 aliphatic carbocycles. The van der Waals surface area contributed by atoms with Gasteiger partial charge in [-0.15, -0.1) is 0 Å². The van der Waals surface area contributed by atoms with Crippen molar-refractivity contribution >= 4 is 11.6 Å². The van der Waals surface area contributed by atoms with Crippen molar-refractivity contribution in [2.45, 2.75) is 25.8 Å². The van der Waals surface area contributed by atoms with Crippen molar-refractivity contribution in [2.24, 2.45) is 11.7 Å². The summed E-state index contributed by atoms with van der Waals surface area (Å²) in [7, 11) is 0. The van der Waals surface area contributed by atoms with Crippen LogP contribution in [0.1, 0.15) is 31.4 Å². The number of nitrogens with two attached hydrogens (primary N) is 1. The summed E-state index contributed by atoms with van der Waals surface area (Å²) < 4.78 is 14.0. The molecule has 0 spiro atoms. The maximum absolute atomic E-state index is 14.0. The lowest BCUT2D eigenvalue weighted by molar-refractivity contribution is 0.0992. The van der Waals surface area contributed by atoms with Gasteiger partial charge in [-0.2, -0.15) is 0 Å². The zero-order chi connectivity index (χ0) is 13.1. The van der Waals surface area contributed by atoms with Gasteiger partial charge in [-0.05, 0) is 56.6 Å². The number of likely N-dealkylation sites (tertiary alicyclic amines) is 1. The Balaban J connectivity index is 2.38. The van der Waals surface area contributed by atoms with Crippen LogP contribution >= 0.6 is 11.6 Å². The molecule has 1 aliphatic rings. The normalized spacial score (nSPS) is 25.3. The van der Waals surface area contributed by atoms with E-state index in [0.717, 1.165) is 25.9 Å². The Morgan fingerprint density at radius 1 is 1.50 bits per heavy atom. The van der Waals surface area contributed by atoms with Crippen molar-refractivity contribution in [3.8, 4) is 0 Å². The van der Waals surface area contributed by atoms with Gasteiger partial charge >= 0.3 is 0 Å². The molecule has 0 radical (unpaired) electrons. The Kier molecular flexibility index (Phi) is 4.60. The number of piperidine rings is 1. The molecule has 1 aromatic rings. The average molecular weight is 271 g/mol. The van der Waals surface area contributed by atoms with Crippen LogP contribution in [0, 0.1) is 11.7 Å². The van der Waals surface area contributed by atoms with Crippen LogP contribution in [0.15, 0.2) is 18.2 Å². The molecule has 0 aromatic heterocycles. The minimum Gasteiger partial charge on any atom is -0.330 e. The molecule has 1 fully saturated rings. The molecule has 18 heavy (non-hydrogen) atoms. The second-order valence-electron chi connectivity index (χ2n) is 4.88. The largest absolute Gasteiger partial charge is 0.330 e. The minimum absolute atomic E-state index is 0.0625. The highest BCUT2D eigenvalue weighted by Crippen LogP contribution is 2.37. The molecule has 0 bridgehead atoms. The van der Waals surface area contributed by atoms with Gasteiger partial charge < -0.3 is 5.73 Å². The molecule has 2 nitrogen and oxygen atoms in total. The number of hydrogen-bond acceptors (Lipinski definition) is 2. The highest BCUT2D eigenvalue weighted by atomic mass is 35.5. The van der Waals surface area contributed by atoms with E-state index in [0.29, 0.717) is 23.0 Å². The zero-order valence-electron chi connectivity index (χ0n) is 10.7. The van der Waals surface area contributed by atoms with E-state index in [2.05, 4.69) is 11.8 Å². The summed E-state index contributed by atoms with van der Waals surface area (Å²) in [4.78, 5) is 2.30. The average Bonchev–Trinajstić information content (AvgIpc) is 2.40. The van der Waals surface area contributed by atoms with Gasteiger partial charge in [-0.3, -0.25) is 4.90 Å². The third kappa shape index (κ3) is 2.68. The molecule has 0 saturated carbocycles. The van der Waals surface area contributed by atoms with Gasteiger partial charge in [0.25, 0.3) is 0 Å². The molecular formula is C14H20ClFN2. The Hall–Kier alpha value is -0.640. The monoisotopic (exact) mass is 270 g/mol. The van der Waals surface area contributed by atoms with E-state index < -0.39 is 0 Å². The number of nitrogens with zero attached hydrogens (tertiary/aromatic N) is 1. The Labute approximate surface area is 113 Å². The van der Waals surface area contributed by atoms with E-state index in [1.54, 1.807) is 12.1 Å². The van der Waals surface area contributed by atoms with E-state index in [-0.39, 0.29) is 11.9 Å². The van der Waals surface area contributed by atoms with Crippen LogP contribution in [0.25, 0.3) is 0 Å².